The highest BCUT2D eigenvalue weighted by atomic mass is 79.9. The normalized spacial score (nSPS) is 13.7. The van der Waals surface area contributed by atoms with Crippen molar-refractivity contribution in [3.63, 3.8) is 0 Å². The van der Waals surface area contributed by atoms with Crippen LogP contribution in [0.5, 0.6) is 0 Å². The third-order valence-electron chi connectivity index (χ3n) is 2.86. The van der Waals surface area contributed by atoms with E-state index in [4.69, 9.17) is 0 Å². The van der Waals surface area contributed by atoms with Gasteiger partial charge in [0.25, 0.3) is 11.6 Å². The van der Waals surface area contributed by atoms with Gasteiger partial charge in [-0.1, -0.05) is 22.9 Å². The van der Waals surface area contributed by atoms with Crippen LogP contribution in [0.2, 0.25) is 0 Å². The number of nitrogens with zero attached hydrogens (tertiary/aromatic N) is 1. The van der Waals surface area contributed by atoms with Gasteiger partial charge in [0.15, 0.2) is 0 Å². The van der Waals surface area contributed by atoms with Crippen LogP contribution in [0.1, 0.15) is 24.2 Å². The number of carbonyl (C=O) groups excluding carboxylic acids is 1. The first-order valence-electron chi connectivity index (χ1n) is 5.67. The third kappa shape index (κ3) is 3.99. The van der Waals surface area contributed by atoms with E-state index >= 15 is 0 Å². The predicted molar refractivity (Wildman–Crippen MR) is 72.9 cm³/mol. The molecule has 1 aromatic carbocycles. The van der Waals surface area contributed by atoms with Crippen molar-refractivity contribution >= 4 is 27.5 Å². The lowest BCUT2D eigenvalue weighted by atomic mass is 10.1. The Morgan fingerprint density at radius 2 is 2.16 bits per heavy atom. The summed E-state index contributed by atoms with van der Waals surface area (Å²) >= 11 is 3.29. The number of hydrogen-bond donors (Lipinski definition) is 1. The number of carbonyl (C=O) groups is 1. The molecule has 7 heteroatoms. The zero-order chi connectivity index (χ0) is 14.6. The summed E-state index contributed by atoms with van der Waals surface area (Å²) < 4.78 is 13.1. The van der Waals surface area contributed by atoms with Crippen LogP contribution in [0, 0.1) is 21.8 Å². The molecular weight excluding hydrogens is 319 g/mol. The van der Waals surface area contributed by atoms with Crippen LogP contribution in [0.3, 0.4) is 0 Å². The molecule has 19 heavy (non-hydrogen) atoms. The van der Waals surface area contributed by atoms with Crippen molar-refractivity contribution in [2.24, 2.45) is 5.92 Å². The maximum Gasteiger partial charge on any atom is 0.282 e. The Morgan fingerprint density at radius 3 is 2.68 bits per heavy atom. The van der Waals surface area contributed by atoms with Gasteiger partial charge in [-0.05, 0) is 25.0 Å². The van der Waals surface area contributed by atoms with Gasteiger partial charge < -0.3 is 5.32 Å². The van der Waals surface area contributed by atoms with Gasteiger partial charge in [-0.15, -0.1) is 0 Å². The van der Waals surface area contributed by atoms with Gasteiger partial charge in [0, 0.05) is 17.4 Å². The van der Waals surface area contributed by atoms with E-state index in [2.05, 4.69) is 21.2 Å². The lowest BCUT2D eigenvalue weighted by Gasteiger charge is -2.19. The Balaban J connectivity index is 2.99. The number of nitrogens with one attached hydrogen (secondary N) is 1. The Hall–Kier alpha value is -1.50. The monoisotopic (exact) mass is 332 g/mol. The summed E-state index contributed by atoms with van der Waals surface area (Å²) in [5.41, 5.74) is -0.670. The molecule has 0 saturated heterocycles. The maximum atomic E-state index is 13.1. The Bertz CT molecular complexity index is 496. The van der Waals surface area contributed by atoms with Crippen LogP contribution in [-0.2, 0) is 0 Å². The highest BCUT2D eigenvalue weighted by molar-refractivity contribution is 9.09. The van der Waals surface area contributed by atoms with E-state index in [1.807, 2.05) is 6.92 Å². The molecule has 104 valence electrons. The van der Waals surface area contributed by atoms with Crippen molar-refractivity contribution in [2.45, 2.75) is 19.9 Å². The molecular formula is C12H14BrFN2O3. The van der Waals surface area contributed by atoms with Crippen molar-refractivity contribution in [1.82, 2.24) is 5.32 Å². The zero-order valence-electron chi connectivity index (χ0n) is 10.5. The molecule has 0 saturated carbocycles. The second-order valence-corrected chi connectivity index (χ2v) is 4.96. The summed E-state index contributed by atoms with van der Waals surface area (Å²) in [4.78, 5) is 22.1. The van der Waals surface area contributed by atoms with E-state index in [1.165, 1.54) is 0 Å². The summed E-state index contributed by atoms with van der Waals surface area (Å²) in [6.45, 7) is 3.70. The molecule has 1 N–H and O–H groups in total. The number of nitro benzene ring substituents is 1. The van der Waals surface area contributed by atoms with Crippen LogP contribution < -0.4 is 5.32 Å². The quantitative estimate of drug-likeness (QED) is 0.512. The van der Waals surface area contributed by atoms with E-state index in [-0.39, 0.29) is 17.5 Å². The number of hydrogen-bond acceptors (Lipinski definition) is 3. The van der Waals surface area contributed by atoms with E-state index < -0.39 is 22.3 Å². The Kier molecular flexibility index (Phi) is 5.41. The SMILES string of the molecule is CC(CBr)C(C)NC(=O)c1cc(F)ccc1[N+](=O)[O-]. The number of benzene rings is 1. The summed E-state index contributed by atoms with van der Waals surface area (Å²) in [5.74, 6) is -1.18. The predicted octanol–water partition coefficient (Wildman–Crippen LogP) is 2.88. The lowest BCUT2D eigenvalue weighted by molar-refractivity contribution is -0.385. The van der Waals surface area contributed by atoms with Crippen molar-refractivity contribution in [2.75, 3.05) is 5.33 Å². The molecule has 0 fully saturated rings. The van der Waals surface area contributed by atoms with Crippen LogP contribution in [0.15, 0.2) is 18.2 Å². The van der Waals surface area contributed by atoms with Gasteiger partial charge in [-0.3, -0.25) is 14.9 Å². The number of halogens is 2. The van der Waals surface area contributed by atoms with Crippen LogP contribution in [0.4, 0.5) is 10.1 Å². The first-order chi connectivity index (χ1) is 8.86. The standard InChI is InChI=1S/C12H14BrFN2O3/c1-7(6-13)8(2)15-12(17)10-5-9(14)3-4-11(10)16(18)19/h3-5,7-8H,6H2,1-2H3,(H,15,17). The number of alkyl halides is 1. The molecule has 1 amide bonds. The summed E-state index contributed by atoms with van der Waals surface area (Å²) in [5, 5.41) is 14.1. The number of nitro groups is 1. The molecule has 0 bridgehead atoms. The van der Waals surface area contributed by atoms with E-state index in [9.17, 15) is 19.3 Å². The van der Waals surface area contributed by atoms with Crippen molar-refractivity contribution in [3.8, 4) is 0 Å². The van der Waals surface area contributed by atoms with Crippen molar-refractivity contribution in [3.05, 3.63) is 39.7 Å². The van der Waals surface area contributed by atoms with Crippen LogP contribution >= 0.6 is 15.9 Å². The van der Waals surface area contributed by atoms with Crippen LogP contribution in [0.25, 0.3) is 0 Å². The summed E-state index contributed by atoms with van der Waals surface area (Å²) in [6.07, 6.45) is 0. The molecule has 0 aromatic heterocycles. The second-order valence-electron chi connectivity index (χ2n) is 4.31. The molecule has 0 heterocycles. The minimum atomic E-state index is -0.701. The first-order valence-corrected chi connectivity index (χ1v) is 6.79. The molecule has 0 aliphatic heterocycles. The number of rotatable bonds is 5. The number of amides is 1. The van der Waals surface area contributed by atoms with Gasteiger partial charge in [-0.25, -0.2) is 4.39 Å². The minimum Gasteiger partial charge on any atom is -0.349 e. The Morgan fingerprint density at radius 1 is 1.53 bits per heavy atom. The highest BCUT2D eigenvalue weighted by Gasteiger charge is 2.23. The average Bonchev–Trinajstić information content (AvgIpc) is 2.36. The molecule has 1 rings (SSSR count). The van der Waals surface area contributed by atoms with Gasteiger partial charge in [0.05, 0.1) is 4.92 Å². The molecule has 2 atom stereocenters. The van der Waals surface area contributed by atoms with E-state index in [1.54, 1.807) is 6.92 Å². The van der Waals surface area contributed by atoms with Crippen LogP contribution in [-0.4, -0.2) is 22.2 Å². The maximum absolute atomic E-state index is 13.1. The molecule has 2 unspecified atom stereocenters. The fourth-order valence-electron chi connectivity index (χ4n) is 1.41. The average molecular weight is 333 g/mol. The van der Waals surface area contributed by atoms with E-state index in [0.717, 1.165) is 18.2 Å². The smallest absolute Gasteiger partial charge is 0.282 e. The summed E-state index contributed by atoms with van der Waals surface area (Å²) in [6, 6.07) is 2.64. The van der Waals surface area contributed by atoms with E-state index in [0.29, 0.717) is 5.33 Å². The summed E-state index contributed by atoms with van der Waals surface area (Å²) in [7, 11) is 0. The lowest BCUT2D eigenvalue weighted by Crippen LogP contribution is -2.38. The third-order valence-corrected chi connectivity index (χ3v) is 3.88. The first kappa shape index (κ1) is 15.6. The van der Waals surface area contributed by atoms with Gasteiger partial charge in [-0.2, -0.15) is 0 Å². The van der Waals surface area contributed by atoms with Gasteiger partial charge in [0.2, 0.25) is 0 Å². The van der Waals surface area contributed by atoms with Gasteiger partial charge in [0.1, 0.15) is 11.4 Å². The van der Waals surface area contributed by atoms with Crippen molar-refractivity contribution in [1.29, 1.82) is 0 Å². The fraction of sp³-hybridized carbons (Fsp3) is 0.417. The molecule has 0 aliphatic rings. The largest absolute Gasteiger partial charge is 0.349 e. The minimum absolute atomic E-state index is 0.150. The molecule has 0 aliphatic carbocycles. The van der Waals surface area contributed by atoms with Gasteiger partial charge >= 0.3 is 0 Å². The highest BCUT2D eigenvalue weighted by Crippen LogP contribution is 2.20. The fourth-order valence-corrected chi connectivity index (χ4v) is 1.97. The zero-order valence-corrected chi connectivity index (χ0v) is 12.1. The Labute approximate surface area is 118 Å². The molecule has 5 nitrogen and oxygen atoms in total. The second kappa shape index (κ2) is 6.60. The topological polar surface area (TPSA) is 72.2 Å². The molecule has 1 aromatic rings. The molecule has 0 radical (unpaired) electrons. The van der Waals surface area contributed by atoms with Crippen molar-refractivity contribution < 1.29 is 14.1 Å². The molecule has 0 spiro atoms.